The van der Waals surface area contributed by atoms with Gasteiger partial charge in [0.25, 0.3) is 0 Å². The second kappa shape index (κ2) is 39.4. The molecule has 0 amide bonds. The maximum atomic E-state index is 12.6. The standard InChI is InChI=1S/C50H76NO11P/c1-3-5-7-8-9-10-11-12-13-14-15-16-17-18-22-25-28-31-35-39-48(52)58-41-44(42-59-63(56,57)60-43-45(51)50(54)55)61-49(53)40-36-32-29-26-23-20-19-21-24-27-30-34-38-47-46(62-47)37-33-6-4-2/h5-7,9-10,12-13,15-16,18,20-24,29-30,32-34,44-47H,3-4,8,11,14,17,19,25-28,31,35-43,51H2,1-2H3,(H,54,55)(H,56,57)/b7-5-,10-9-,13-12-,16-15-,22-18-,23-20-,24-21-,32-29-,33-6-,34-30-/t44-,45+,46?,47?/m1/s1. The van der Waals surface area contributed by atoms with Crippen molar-refractivity contribution in [3.8, 4) is 0 Å². The molecular weight excluding hydrogens is 822 g/mol. The lowest BCUT2D eigenvalue weighted by molar-refractivity contribution is -0.161. The summed E-state index contributed by atoms with van der Waals surface area (Å²) in [5.41, 5.74) is 5.33. The zero-order chi connectivity index (χ0) is 46.1. The average Bonchev–Trinajstić information content (AvgIpc) is 4.02. The number of unbranched alkanes of at least 4 members (excludes halogenated alkanes) is 3. The molecule has 1 heterocycles. The first-order valence-electron chi connectivity index (χ1n) is 22.7. The first kappa shape index (κ1) is 56.9. The summed E-state index contributed by atoms with van der Waals surface area (Å²) in [5, 5.41) is 8.90. The largest absolute Gasteiger partial charge is 0.480 e. The number of rotatable bonds is 39. The van der Waals surface area contributed by atoms with Crippen molar-refractivity contribution in [1.82, 2.24) is 0 Å². The molecule has 0 bridgehead atoms. The van der Waals surface area contributed by atoms with Gasteiger partial charge in [0.2, 0.25) is 0 Å². The van der Waals surface area contributed by atoms with Crippen molar-refractivity contribution in [2.75, 3.05) is 19.8 Å². The molecule has 1 saturated heterocycles. The molecule has 0 aromatic carbocycles. The third kappa shape index (κ3) is 37.0. The van der Waals surface area contributed by atoms with Gasteiger partial charge in [-0.15, -0.1) is 0 Å². The summed E-state index contributed by atoms with van der Waals surface area (Å²) in [6, 6.07) is -1.55. The molecule has 0 radical (unpaired) electrons. The Kier molecular flexibility index (Phi) is 35.6. The van der Waals surface area contributed by atoms with Crippen LogP contribution in [0.2, 0.25) is 0 Å². The maximum absolute atomic E-state index is 12.6. The van der Waals surface area contributed by atoms with E-state index in [2.05, 4.69) is 122 Å². The first-order valence-corrected chi connectivity index (χ1v) is 24.2. The second-order valence-electron chi connectivity index (χ2n) is 14.8. The van der Waals surface area contributed by atoms with E-state index in [-0.39, 0.29) is 12.8 Å². The smallest absolute Gasteiger partial charge is 0.472 e. The van der Waals surface area contributed by atoms with Gasteiger partial charge in [-0.25, -0.2) is 4.57 Å². The molecule has 0 saturated carbocycles. The van der Waals surface area contributed by atoms with Crippen LogP contribution in [0.3, 0.4) is 0 Å². The van der Waals surface area contributed by atoms with E-state index in [0.29, 0.717) is 31.5 Å². The summed E-state index contributed by atoms with van der Waals surface area (Å²) < 4.78 is 38.3. The van der Waals surface area contributed by atoms with Gasteiger partial charge in [0.1, 0.15) is 12.6 Å². The summed E-state index contributed by atoms with van der Waals surface area (Å²) in [5.74, 6) is -2.55. The Morgan fingerprint density at radius 2 is 1.02 bits per heavy atom. The van der Waals surface area contributed by atoms with Crippen molar-refractivity contribution >= 4 is 25.7 Å². The van der Waals surface area contributed by atoms with Gasteiger partial charge < -0.3 is 29.9 Å². The molecule has 3 unspecified atom stereocenters. The predicted octanol–water partition coefficient (Wildman–Crippen LogP) is 11.4. The Balaban J connectivity index is 2.35. The number of hydrogen-bond acceptors (Lipinski definition) is 10. The highest BCUT2D eigenvalue weighted by molar-refractivity contribution is 7.47. The monoisotopic (exact) mass is 898 g/mol. The van der Waals surface area contributed by atoms with Crippen LogP contribution in [-0.2, 0) is 42.2 Å². The van der Waals surface area contributed by atoms with Gasteiger partial charge in [-0.3, -0.25) is 23.4 Å². The Labute approximate surface area is 377 Å². The van der Waals surface area contributed by atoms with E-state index in [9.17, 15) is 23.8 Å². The molecule has 1 aliphatic rings. The highest BCUT2D eigenvalue weighted by Gasteiger charge is 2.36. The van der Waals surface area contributed by atoms with Crippen molar-refractivity contribution in [2.45, 2.75) is 154 Å². The number of nitrogens with two attached hydrogens (primary N) is 1. The van der Waals surface area contributed by atoms with Crippen LogP contribution in [0.25, 0.3) is 0 Å². The van der Waals surface area contributed by atoms with Crippen LogP contribution in [0.15, 0.2) is 122 Å². The van der Waals surface area contributed by atoms with E-state index in [1.165, 1.54) is 0 Å². The van der Waals surface area contributed by atoms with Gasteiger partial charge in [0.05, 0.1) is 25.4 Å². The lowest BCUT2D eigenvalue weighted by atomic mass is 10.1. The van der Waals surface area contributed by atoms with E-state index in [1.54, 1.807) is 0 Å². The lowest BCUT2D eigenvalue weighted by Crippen LogP contribution is -2.34. The van der Waals surface area contributed by atoms with Gasteiger partial charge in [-0.05, 0) is 96.3 Å². The van der Waals surface area contributed by atoms with Crippen molar-refractivity contribution in [2.24, 2.45) is 5.73 Å². The fraction of sp³-hybridized carbons (Fsp3) is 0.540. The maximum Gasteiger partial charge on any atom is 0.472 e. The SMILES string of the molecule is CC/C=C\C/C=C\C/C=C\C/C=C\C/C=C\CCCCCC(=O)OC[C@H](COP(=O)(O)OC[C@H](N)C(=O)O)OC(=O)CC/C=C\C/C=C\C/C=C\C/C=C\CC1OC1C/C=C\CC. The molecule has 4 N–H and O–H groups in total. The topological polar surface area (TPSA) is 184 Å². The number of allylic oxidation sites excluding steroid dienone is 18. The normalized spacial score (nSPS) is 18.0. The first-order chi connectivity index (χ1) is 30.6. The number of esters is 2. The van der Waals surface area contributed by atoms with Gasteiger partial charge in [0.15, 0.2) is 6.10 Å². The fourth-order valence-corrected chi connectivity index (χ4v) is 6.29. The molecule has 0 aromatic heterocycles. The lowest BCUT2D eigenvalue weighted by Gasteiger charge is -2.20. The number of carboxylic acid groups (broad SMARTS) is 1. The summed E-state index contributed by atoms with van der Waals surface area (Å²) in [6.07, 6.45) is 56.0. The molecule has 0 aromatic rings. The minimum atomic E-state index is -4.76. The number of carboxylic acids is 1. The zero-order valence-corrected chi connectivity index (χ0v) is 38.7. The highest BCUT2D eigenvalue weighted by atomic mass is 31.2. The molecule has 1 fully saturated rings. The average molecular weight is 898 g/mol. The third-order valence-electron chi connectivity index (χ3n) is 9.12. The van der Waals surface area contributed by atoms with Crippen LogP contribution < -0.4 is 5.73 Å². The van der Waals surface area contributed by atoms with Crippen LogP contribution in [0.1, 0.15) is 129 Å². The van der Waals surface area contributed by atoms with E-state index in [0.717, 1.165) is 83.5 Å². The molecule has 1 aliphatic heterocycles. The third-order valence-corrected chi connectivity index (χ3v) is 10.1. The number of hydrogen-bond donors (Lipinski definition) is 3. The second-order valence-corrected chi connectivity index (χ2v) is 16.3. The number of phosphoric acid groups is 1. The van der Waals surface area contributed by atoms with Gasteiger partial charge in [-0.2, -0.15) is 0 Å². The molecule has 63 heavy (non-hydrogen) atoms. The Morgan fingerprint density at radius 1 is 0.571 bits per heavy atom. The Hall–Kier alpha value is -4.16. The molecule has 0 spiro atoms. The van der Waals surface area contributed by atoms with Crippen molar-refractivity contribution < 1.29 is 52.2 Å². The van der Waals surface area contributed by atoms with E-state index in [1.807, 2.05) is 18.2 Å². The van der Waals surface area contributed by atoms with Gasteiger partial charge in [-0.1, -0.05) is 142 Å². The van der Waals surface area contributed by atoms with E-state index in [4.69, 9.17) is 29.6 Å². The molecule has 0 aliphatic carbocycles. The summed E-state index contributed by atoms with van der Waals surface area (Å²) >= 11 is 0. The summed E-state index contributed by atoms with van der Waals surface area (Å²) in [6.45, 7) is 2.43. The summed E-state index contributed by atoms with van der Waals surface area (Å²) in [4.78, 5) is 46.0. The number of ether oxygens (including phenoxy) is 3. The Morgan fingerprint density at radius 3 is 1.54 bits per heavy atom. The summed E-state index contributed by atoms with van der Waals surface area (Å²) in [7, 11) is -4.76. The van der Waals surface area contributed by atoms with Crippen molar-refractivity contribution in [3.63, 3.8) is 0 Å². The van der Waals surface area contributed by atoms with Crippen molar-refractivity contribution in [1.29, 1.82) is 0 Å². The number of carbonyl (C=O) groups is 3. The quantitative estimate of drug-likeness (QED) is 0.0175. The number of phosphoric ester groups is 1. The van der Waals surface area contributed by atoms with E-state index >= 15 is 0 Å². The molecule has 13 heteroatoms. The van der Waals surface area contributed by atoms with Gasteiger partial charge in [0, 0.05) is 12.8 Å². The van der Waals surface area contributed by atoms with Gasteiger partial charge >= 0.3 is 25.7 Å². The molecule has 12 nitrogen and oxygen atoms in total. The minimum Gasteiger partial charge on any atom is -0.480 e. The minimum absolute atomic E-state index is 0.0169. The predicted molar refractivity (Wildman–Crippen MR) is 253 cm³/mol. The van der Waals surface area contributed by atoms with Crippen LogP contribution in [-0.4, -0.2) is 72.1 Å². The number of carbonyl (C=O) groups excluding carboxylic acids is 2. The van der Waals surface area contributed by atoms with Crippen LogP contribution in [0.4, 0.5) is 0 Å². The molecule has 5 atom stereocenters. The van der Waals surface area contributed by atoms with Crippen LogP contribution in [0.5, 0.6) is 0 Å². The molecular formula is C50H76NO11P. The molecule has 1 rings (SSSR count). The zero-order valence-electron chi connectivity index (χ0n) is 37.8. The van der Waals surface area contributed by atoms with Crippen LogP contribution in [0, 0.1) is 0 Å². The van der Waals surface area contributed by atoms with Crippen molar-refractivity contribution in [3.05, 3.63) is 122 Å². The molecule has 352 valence electrons. The van der Waals surface area contributed by atoms with Crippen LogP contribution >= 0.6 is 7.82 Å². The Bertz CT molecular complexity index is 1590. The van der Waals surface area contributed by atoms with E-state index < -0.39 is 57.7 Å². The number of epoxide rings is 1. The fourth-order valence-electron chi connectivity index (χ4n) is 5.51. The number of aliphatic carboxylic acids is 1. The highest BCUT2D eigenvalue weighted by Crippen LogP contribution is 2.43.